The van der Waals surface area contributed by atoms with Gasteiger partial charge in [-0.3, -0.25) is 9.20 Å². The van der Waals surface area contributed by atoms with E-state index in [0.29, 0.717) is 5.75 Å². The van der Waals surface area contributed by atoms with Crippen molar-refractivity contribution in [1.82, 2.24) is 9.38 Å². The minimum absolute atomic E-state index is 0.160. The Morgan fingerprint density at radius 3 is 2.76 bits per heavy atom. The number of imidazole rings is 1. The third kappa shape index (κ3) is 3.10. The minimum atomic E-state index is -0.767. The Balaban J connectivity index is 1.85. The van der Waals surface area contributed by atoms with Gasteiger partial charge in [0.2, 0.25) is 0 Å². The van der Waals surface area contributed by atoms with Gasteiger partial charge in [-0.25, -0.2) is 4.98 Å². The van der Waals surface area contributed by atoms with E-state index >= 15 is 0 Å². The van der Waals surface area contributed by atoms with Crippen molar-refractivity contribution in [3.05, 3.63) is 67.0 Å². The van der Waals surface area contributed by atoms with Gasteiger partial charge >= 0.3 is 5.97 Å². The third-order valence-electron chi connectivity index (χ3n) is 4.13. The molecule has 0 fully saturated rings. The third-order valence-corrected chi connectivity index (χ3v) is 5.13. The van der Waals surface area contributed by atoms with Crippen molar-refractivity contribution in [3.63, 3.8) is 0 Å². The van der Waals surface area contributed by atoms with Gasteiger partial charge in [-0.05, 0) is 29.3 Å². The molecule has 2 heterocycles. The van der Waals surface area contributed by atoms with Crippen LogP contribution in [0.4, 0.5) is 0 Å². The van der Waals surface area contributed by atoms with Crippen LogP contribution < -0.4 is 0 Å². The molecule has 4 aromatic rings. The van der Waals surface area contributed by atoms with Crippen molar-refractivity contribution in [2.24, 2.45) is 0 Å². The summed E-state index contributed by atoms with van der Waals surface area (Å²) in [5.41, 5.74) is 4.29. The molecule has 1 N–H and O–H groups in total. The van der Waals surface area contributed by atoms with Crippen LogP contribution in [0.5, 0.6) is 0 Å². The van der Waals surface area contributed by atoms with E-state index in [1.165, 1.54) is 0 Å². The summed E-state index contributed by atoms with van der Waals surface area (Å²) in [6, 6.07) is 18.7. The minimum Gasteiger partial charge on any atom is -0.481 e. The van der Waals surface area contributed by atoms with E-state index in [4.69, 9.17) is 5.11 Å². The first-order valence-corrected chi connectivity index (χ1v) is 9.01. The number of hydrogen-bond acceptors (Lipinski definition) is 3. The number of thioether (sulfide) groups is 1. The van der Waals surface area contributed by atoms with Gasteiger partial charge in [0.25, 0.3) is 0 Å². The van der Waals surface area contributed by atoms with Crippen molar-refractivity contribution < 1.29 is 9.90 Å². The van der Waals surface area contributed by atoms with Gasteiger partial charge in [0.05, 0.1) is 11.9 Å². The number of nitrogens with zero attached hydrogens (tertiary/aromatic N) is 2. The molecule has 4 nitrogen and oxygen atoms in total. The molecule has 2 aromatic carbocycles. The SMILES string of the molecule is O=C(O)CCSc1ccc2c(-c3ccccc3)cc3nccn3c2c1. The predicted molar refractivity (Wildman–Crippen MR) is 101 cm³/mol. The lowest BCUT2D eigenvalue weighted by Crippen LogP contribution is -1.96. The van der Waals surface area contributed by atoms with Crippen LogP contribution in [-0.4, -0.2) is 26.2 Å². The lowest BCUT2D eigenvalue weighted by molar-refractivity contribution is -0.136. The fourth-order valence-electron chi connectivity index (χ4n) is 2.97. The zero-order chi connectivity index (χ0) is 17.2. The van der Waals surface area contributed by atoms with Crippen molar-refractivity contribution in [2.75, 3.05) is 5.75 Å². The zero-order valence-corrected chi connectivity index (χ0v) is 14.2. The topological polar surface area (TPSA) is 54.6 Å². The van der Waals surface area contributed by atoms with Crippen LogP contribution in [0.3, 0.4) is 0 Å². The number of aromatic nitrogens is 2. The molecule has 124 valence electrons. The van der Waals surface area contributed by atoms with E-state index in [1.54, 1.807) is 18.0 Å². The first kappa shape index (κ1) is 15.7. The van der Waals surface area contributed by atoms with Crippen molar-refractivity contribution in [2.45, 2.75) is 11.3 Å². The number of carboxylic acid groups (broad SMARTS) is 1. The van der Waals surface area contributed by atoms with Crippen molar-refractivity contribution in [3.8, 4) is 11.1 Å². The molecule has 4 rings (SSSR count). The summed E-state index contributed by atoms with van der Waals surface area (Å²) >= 11 is 1.56. The highest BCUT2D eigenvalue weighted by atomic mass is 32.2. The van der Waals surface area contributed by atoms with E-state index in [9.17, 15) is 4.79 Å². The summed E-state index contributed by atoms with van der Waals surface area (Å²) in [6.07, 6.45) is 3.92. The van der Waals surface area contributed by atoms with Crippen LogP contribution in [0.2, 0.25) is 0 Å². The maximum Gasteiger partial charge on any atom is 0.304 e. The molecular weight excluding hydrogens is 332 g/mol. The Morgan fingerprint density at radius 2 is 1.96 bits per heavy atom. The Hall–Kier alpha value is -2.79. The molecule has 0 amide bonds. The number of benzene rings is 2. The molecule has 0 atom stereocenters. The fraction of sp³-hybridized carbons (Fsp3) is 0.100. The molecule has 25 heavy (non-hydrogen) atoms. The first-order valence-electron chi connectivity index (χ1n) is 8.02. The average molecular weight is 348 g/mol. The maximum absolute atomic E-state index is 10.7. The second kappa shape index (κ2) is 6.61. The zero-order valence-electron chi connectivity index (χ0n) is 13.4. The highest BCUT2D eigenvalue weighted by Crippen LogP contribution is 2.32. The largest absolute Gasteiger partial charge is 0.481 e. The molecule has 2 aromatic heterocycles. The van der Waals surface area contributed by atoms with Crippen molar-refractivity contribution in [1.29, 1.82) is 0 Å². The maximum atomic E-state index is 10.7. The summed E-state index contributed by atoms with van der Waals surface area (Å²) in [5.74, 6) is -0.205. The second-order valence-electron chi connectivity index (χ2n) is 5.75. The van der Waals surface area contributed by atoms with Crippen molar-refractivity contribution >= 4 is 34.3 Å². The van der Waals surface area contributed by atoms with Crippen LogP contribution in [0.1, 0.15) is 6.42 Å². The van der Waals surface area contributed by atoms with E-state index in [1.807, 2.05) is 24.4 Å². The van der Waals surface area contributed by atoms with Gasteiger partial charge < -0.3 is 5.11 Å². The van der Waals surface area contributed by atoms with Gasteiger partial charge in [-0.15, -0.1) is 11.8 Å². The first-order chi connectivity index (χ1) is 12.2. The van der Waals surface area contributed by atoms with Gasteiger partial charge in [-0.1, -0.05) is 36.4 Å². The lowest BCUT2D eigenvalue weighted by Gasteiger charge is -2.11. The molecule has 5 heteroatoms. The molecule has 0 aliphatic carbocycles. The average Bonchev–Trinajstić information content (AvgIpc) is 3.10. The second-order valence-corrected chi connectivity index (χ2v) is 6.92. The summed E-state index contributed by atoms with van der Waals surface area (Å²) in [4.78, 5) is 16.2. The van der Waals surface area contributed by atoms with Crippen LogP contribution in [0.25, 0.3) is 27.7 Å². The summed E-state index contributed by atoms with van der Waals surface area (Å²) in [7, 11) is 0. The number of pyridine rings is 1. The number of hydrogen-bond donors (Lipinski definition) is 1. The van der Waals surface area contributed by atoms with Gasteiger partial charge in [0, 0.05) is 28.4 Å². The molecule has 0 bridgehead atoms. The number of aliphatic carboxylic acids is 1. The highest BCUT2D eigenvalue weighted by molar-refractivity contribution is 7.99. The fourth-order valence-corrected chi connectivity index (χ4v) is 3.84. The number of carbonyl (C=O) groups is 1. The monoisotopic (exact) mass is 348 g/mol. The summed E-state index contributed by atoms with van der Waals surface area (Å²) in [5, 5.41) is 9.97. The Labute approximate surface area is 149 Å². The molecule has 0 aliphatic rings. The molecule has 0 aliphatic heterocycles. The molecule has 0 unspecified atom stereocenters. The van der Waals surface area contributed by atoms with E-state index < -0.39 is 5.97 Å². The van der Waals surface area contributed by atoms with Crippen LogP contribution in [0, 0.1) is 0 Å². The smallest absolute Gasteiger partial charge is 0.304 e. The van der Waals surface area contributed by atoms with Gasteiger partial charge in [-0.2, -0.15) is 0 Å². The van der Waals surface area contributed by atoms with Crippen LogP contribution in [0.15, 0.2) is 71.9 Å². The van der Waals surface area contributed by atoms with E-state index in [-0.39, 0.29) is 6.42 Å². The van der Waals surface area contributed by atoms with Gasteiger partial charge in [0.15, 0.2) is 0 Å². The Bertz CT molecular complexity index is 1060. The van der Waals surface area contributed by atoms with E-state index in [2.05, 4.69) is 45.8 Å². The number of carboxylic acids is 1. The molecule has 0 saturated carbocycles. The van der Waals surface area contributed by atoms with E-state index in [0.717, 1.165) is 32.6 Å². The molecule has 0 saturated heterocycles. The van der Waals surface area contributed by atoms with Gasteiger partial charge in [0.1, 0.15) is 5.65 Å². The normalized spacial score (nSPS) is 11.2. The Kier molecular flexibility index (Phi) is 4.15. The predicted octanol–water partition coefficient (Wildman–Crippen LogP) is 4.72. The Morgan fingerprint density at radius 1 is 1.12 bits per heavy atom. The molecule has 0 radical (unpaired) electrons. The summed E-state index contributed by atoms with van der Waals surface area (Å²) < 4.78 is 2.07. The number of fused-ring (bicyclic) bond motifs is 3. The quantitative estimate of drug-likeness (QED) is 0.530. The standard InChI is InChI=1S/C20H16N2O2S/c23-20(24)8-11-25-15-6-7-16-17(14-4-2-1-3-5-14)13-19-21-9-10-22(19)18(16)12-15/h1-7,9-10,12-13H,8,11H2,(H,23,24). The summed E-state index contributed by atoms with van der Waals surface area (Å²) in [6.45, 7) is 0. The van der Waals surface area contributed by atoms with Crippen LogP contribution >= 0.6 is 11.8 Å². The lowest BCUT2D eigenvalue weighted by atomic mass is 10.0. The van der Waals surface area contributed by atoms with Crippen LogP contribution in [-0.2, 0) is 4.79 Å². The molecule has 0 spiro atoms. The highest BCUT2D eigenvalue weighted by Gasteiger charge is 2.10. The number of rotatable bonds is 5. The molecular formula is C20H16N2O2S.